The first kappa shape index (κ1) is 18.1. The lowest BCUT2D eigenvalue weighted by Crippen LogP contribution is -2.37. The van der Waals surface area contributed by atoms with Gasteiger partial charge < -0.3 is 9.73 Å². The molecule has 3 aromatic rings. The van der Waals surface area contributed by atoms with Crippen molar-refractivity contribution in [2.24, 2.45) is 0 Å². The quantitative estimate of drug-likeness (QED) is 0.666. The second-order valence-corrected chi connectivity index (χ2v) is 7.14. The maximum Gasteiger partial charge on any atom is 0.293 e. The van der Waals surface area contributed by atoms with Crippen molar-refractivity contribution in [2.75, 3.05) is 13.1 Å². The molecule has 1 fully saturated rings. The molecule has 0 bridgehead atoms. The molecule has 0 unspecified atom stereocenters. The van der Waals surface area contributed by atoms with Crippen molar-refractivity contribution < 1.29 is 18.8 Å². The highest BCUT2D eigenvalue weighted by Gasteiger charge is 2.34. The van der Waals surface area contributed by atoms with Gasteiger partial charge in [0.25, 0.3) is 17.1 Å². The molecule has 6 nitrogen and oxygen atoms in total. The predicted octanol–water partition coefficient (Wildman–Crippen LogP) is 3.90. The van der Waals surface area contributed by atoms with Gasteiger partial charge in [-0.1, -0.05) is 48.5 Å². The van der Waals surface area contributed by atoms with Crippen LogP contribution in [0.2, 0.25) is 0 Å². The first-order valence-corrected chi connectivity index (χ1v) is 9.51. The molecule has 1 saturated heterocycles. The maximum absolute atomic E-state index is 12.5. The van der Waals surface area contributed by atoms with Crippen molar-refractivity contribution >= 4 is 45.9 Å². The number of amides is 3. The summed E-state index contributed by atoms with van der Waals surface area (Å²) in [5.41, 5.74) is 1.48. The van der Waals surface area contributed by atoms with E-state index in [1.807, 2.05) is 48.5 Å². The van der Waals surface area contributed by atoms with Crippen molar-refractivity contribution in [3.8, 4) is 0 Å². The van der Waals surface area contributed by atoms with Crippen LogP contribution in [-0.2, 0) is 4.79 Å². The molecule has 1 aromatic heterocycles. The van der Waals surface area contributed by atoms with Crippen molar-refractivity contribution in [3.63, 3.8) is 0 Å². The molecular weight excluding hydrogens is 376 g/mol. The van der Waals surface area contributed by atoms with Crippen LogP contribution in [0.15, 0.2) is 70.0 Å². The Hall–Kier alpha value is -3.32. The van der Waals surface area contributed by atoms with E-state index in [2.05, 4.69) is 5.32 Å². The van der Waals surface area contributed by atoms with Crippen LogP contribution in [-0.4, -0.2) is 35.0 Å². The number of imide groups is 1. The second-order valence-electron chi connectivity index (χ2n) is 6.15. The minimum absolute atomic E-state index is 0.1000. The van der Waals surface area contributed by atoms with Gasteiger partial charge in [0, 0.05) is 18.5 Å². The molecule has 4 rings (SSSR count). The first-order chi connectivity index (χ1) is 13.6. The summed E-state index contributed by atoms with van der Waals surface area (Å²) >= 11 is 0.902. The van der Waals surface area contributed by atoms with Crippen LogP contribution in [0.5, 0.6) is 0 Å². The van der Waals surface area contributed by atoms with E-state index in [4.69, 9.17) is 4.42 Å². The number of hydrogen-bond acceptors (Lipinski definition) is 5. The van der Waals surface area contributed by atoms with Crippen LogP contribution in [0.3, 0.4) is 0 Å². The summed E-state index contributed by atoms with van der Waals surface area (Å²) in [6.07, 6.45) is 1.69. The lowest BCUT2D eigenvalue weighted by atomic mass is 10.2. The standard InChI is InChI=1S/C21H16N2O4S/c24-19(17-13-15-8-4-5-9-16(15)27-17)22-10-11-23-20(25)18(28-21(23)26)12-14-6-2-1-3-7-14/h1-9,12-13H,10-11H2,(H,22,24)/b18-12-. The molecule has 0 spiro atoms. The molecule has 0 atom stereocenters. The lowest BCUT2D eigenvalue weighted by molar-refractivity contribution is -0.122. The van der Waals surface area contributed by atoms with Crippen molar-refractivity contribution in [3.05, 3.63) is 76.9 Å². The zero-order valence-electron chi connectivity index (χ0n) is 14.8. The normalized spacial score (nSPS) is 15.6. The van der Waals surface area contributed by atoms with E-state index in [1.54, 1.807) is 18.2 Å². The third kappa shape index (κ3) is 3.70. The molecule has 0 saturated carbocycles. The molecule has 7 heteroatoms. The Morgan fingerprint density at radius 3 is 2.61 bits per heavy atom. The number of nitrogens with one attached hydrogen (secondary N) is 1. The van der Waals surface area contributed by atoms with Crippen LogP contribution in [0.25, 0.3) is 17.0 Å². The Kier molecular flexibility index (Phi) is 4.99. The topological polar surface area (TPSA) is 79.6 Å². The number of para-hydroxylation sites is 1. The number of carbonyl (C=O) groups excluding carboxylic acids is 3. The Balaban J connectivity index is 1.37. The van der Waals surface area contributed by atoms with Gasteiger partial charge in [-0.3, -0.25) is 19.3 Å². The Morgan fingerprint density at radius 1 is 1.07 bits per heavy atom. The first-order valence-electron chi connectivity index (χ1n) is 8.69. The highest BCUT2D eigenvalue weighted by atomic mass is 32.2. The Bertz CT molecular complexity index is 1050. The van der Waals surface area contributed by atoms with Gasteiger partial charge in [-0.2, -0.15) is 0 Å². The van der Waals surface area contributed by atoms with Gasteiger partial charge >= 0.3 is 0 Å². The minimum Gasteiger partial charge on any atom is -0.451 e. The van der Waals surface area contributed by atoms with E-state index in [0.29, 0.717) is 10.5 Å². The molecule has 3 amide bonds. The van der Waals surface area contributed by atoms with Crippen LogP contribution in [0.4, 0.5) is 4.79 Å². The molecule has 0 aliphatic carbocycles. The van der Waals surface area contributed by atoms with Crippen LogP contribution < -0.4 is 5.32 Å². The van der Waals surface area contributed by atoms with E-state index in [-0.39, 0.29) is 35.9 Å². The average molecular weight is 392 g/mol. The fourth-order valence-electron chi connectivity index (χ4n) is 2.86. The zero-order chi connectivity index (χ0) is 19.5. The number of fused-ring (bicyclic) bond motifs is 1. The number of benzene rings is 2. The molecule has 2 heterocycles. The molecule has 0 radical (unpaired) electrons. The largest absolute Gasteiger partial charge is 0.451 e. The molecule has 1 aliphatic rings. The molecule has 1 aliphatic heterocycles. The van der Waals surface area contributed by atoms with E-state index in [0.717, 1.165) is 27.6 Å². The number of hydrogen-bond donors (Lipinski definition) is 1. The average Bonchev–Trinajstić information content (AvgIpc) is 3.25. The summed E-state index contributed by atoms with van der Waals surface area (Å²) in [6.45, 7) is 0.245. The summed E-state index contributed by atoms with van der Waals surface area (Å²) in [5.74, 6) is -0.542. The van der Waals surface area contributed by atoms with Crippen LogP contribution in [0, 0.1) is 0 Å². The van der Waals surface area contributed by atoms with Crippen LogP contribution >= 0.6 is 11.8 Å². The van der Waals surface area contributed by atoms with Gasteiger partial charge in [-0.05, 0) is 35.5 Å². The molecule has 2 aromatic carbocycles. The predicted molar refractivity (Wildman–Crippen MR) is 108 cm³/mol. The molecule has 1 N–H and O–H groups in total. The van der Waals surface area contributed by atoms with Crippen molar-refractivity contribution in [2.45, 2.75) is 0 Å². The van der Waals surface area contributed by atoms with Gasteiger partial charge in [-0.25, -0.2) is 0 Å². The summed E-state index contributed by atoms with van der Waals surface area (Å²) in [5, 5.41) is 3.18. The fourth-order valence-corrected chi connectivity index (χ4v) is 3.72. The van der Waals surface area contributed by atoms with E-state index < -0.39 is 0 Å². The third-order valence-electron chi connectivity index (χ3n) is 4.24. The summed E-state index contributed by atoms with van der Waals surface area (Å²) < 4.78 is 5.51. The fraction of sp³-hybridized carbons (Fsp3) is 0.0952. The minimum atomic E-state index is -0.386. The van der Waals surface area contributed by atoms with E-state index in [1.165, 1.54) is 0 Å². The van der Waals surface area contributed by atoms with E-state index in [9.17, 15) is 14.4 Å². The van der Waals surface area contributed by atoms with Crippen LogP contribution in [0.1, 0.15) is 16.1 Å². The maximum atomic E-state index is 12.5. The number of thioether (sulfide) groups is 1. The SMILES string of the molecule is O=C(NCCN1C(=O)S/C(=C\c2ccccc2)C1=O)c1cc2ccccc2o1. The summed E-state index contributed by atoms with van der Waals surface area (Å²) in [7, 11) is 0. The highest BCUT2D eigenvalue weighted by Crippen LogP contribution is 2.31. The second kappa shape index (κ2) is 7.74. The van der Waals surface area contributed by atoms with Gasteiger partial charge in [0.05, 0.1) is 4.91 Å². The molecular formula is C21H16N2O4S. The van der Waals surface area contributed by atoms with Gasteiger partial charge in [0.2, 0.25) is 0 Å². The monoisotopic (exact) mass is 392 g/mol. The van der Waals surface area contributed by atoms with Gasteiger partial charge in [0.15, 0.2) is 5.76 Å². The van der Waals surface area contributed by atoms with Gasteiger partial charge in [-0.15, -0.1) is 0 Å². The number of rotatable bonds is 5. The van der Waals surface area contributed by atoms with Gasteiger partial charge in [0.1, 0.15) is 5.58 Å². The summed E-state index contributed by atoms with van der Waals surface area (Å²) in [6, 6.07) is 18.3. The number of nitrogens with zero attached hydrogens (tertiary/aromatic N) is 1. The lowest BCUT2D eigenvalue weighted by Gasteiger charge is -2.12. The smallest absolute Gasteiger partial charge is 0.293 e. The number of furan rings is 1. The Labute approximate surface area is 165 Å². The molecule has 28 heavy (non-hydrogen) atoms. The zero-order valence-corrected chi connectivity index (χ0v) is 15.6. The Morgan fingerprint density at radius 2 is 1.82 bits per heavy atom. The molecule has 140 valence electrons. The highest BCUT2D eigenvalue weighted by molar-refractivity contribution is 8.18. The third-order valence-corrected chi connectivity index (χ3v) is 5.15. The summed E-state index contributed by atoms with van der Waals surface area (Å²) in [4.78, 5) is 38.4. The number of carbonyl (C=O) groups is 3. The van der Waals surface area contributed by atoms with E-state index >= 15 is 0 Å². The van der Waals surface area contributed by atoms with Crippen molar-refractivity contribution in [1.82, 2.24) is 10.2 Å². The van der Waals surface area contributed by atoms with Crippen molar-refractivity contribution in [1.29, 1.82) is 0 Å².